The van der Waals surface area contributed by atoms with Gasteiger partial charge in [-0.2, -0.15) is 0 Å². The Morgan fingerprint density at radius 3 is 1.52 bits per heavy atom. The third-order valence-corrected chi connectivity index (χ3v) is 3.46. The van der Waals surface area contributed by atoms with Crippen LogP contribution in [0.2, 0.25) is 0 Å². The molecule has 8 heteroatoms. The van der Waals surface area contributed by atoms with Crippen LogP contribution in [0.3, 0.4) is 0 Å². The molecule has 2 rings (SSSR count). The zero-order chi connectivity index (χ0) is 17.0. The summed E-state index contributed by atoms with van der Waals surface area (Å²) in [5.74, 6) is 0. The van der Waals surface area contributed by atoms with E-state index in [1.54, 1.807) is 38.4 Å². The van der Waals surface area contributed by atoms with Gasteiger partial charge in [-0.15, -0.1) is 0 Å². The van der Waals surface area contributed by atoms with Crippen molar-refractivity contribution in [1.29, 1.82) is 0 Å². The molecule has 2 aromatic rings. The molecule has 0 unspecified atom stereocenters. The Morgan fingerprint density at radius 1 is 0.826 bits per heavy atom. The minimum absolute atomic E-state index is 0.0219. The molecule has 23 heavy (non-hydrogen) atoms. The molecule has 8 nitrogen and oxygen atoms in total. The Hall–Kier alpha value is -3.16. The zero-order valence-electron chi connectivity index (χ0n) is 12.7. The van der Waals surface area contributed by atoms with Crippen molar-refractivity contribution in [2.75, 3.05) is 24.7 Å². The van der Waals surface area contributed by atoms with Gasteiger partial charge >= 0.3 is 0 Å². The summed E-state index contributed by atoms with van der Waals surface area (Å²) in [6, 6.07) is 9.73. The average Bonchev–Trinajstić information content (AvgIpc) is 2.54. The molecule has 0 fully saturated rings. The number of anilines is 2. The first-order valence-corrected chi connectivity index (χ1v) is 6.86. The van der Waals surface area contributed by atoms with Crippen molar-refractivity contribution in [3.63, 3.8) is 0 Å². The Labute approximate surface area is 132 Å². The lowest BCUT2D eigenvalue weighted by atomic mass is 10.0. The van der Waals surface area contributed by atoms with E-state index in [1.165, 1.54) is 12.1 Å². The number of hydrogen-bond acceptors (Lipinski definition) is 6. The van der Waals surface area contributed by atoms with Gasteiger partial charge in [0.25, 0.3) is 11.4 Å². The predicted octanol–water partition coefficient (Wildman–Crippen LogP) is 3.18. The highest BCUT2D eigenvalue weighted by Gasteiger charge is 2.16. The number of nitrogens with zero attached hydrogens (tertiary/aromatic N) is 2. The maximum atomic E-state index is 11.1. The molecule has 2 aromatic carbocycles. The van der Waals surface area contributed by atoms with E-state index in [2.05, 4.69) is 10.6 Å². The lowest BCUT2D eigenvalue weighted by molar-refractivity contribution is -0.384. The highest BCUT2D eigenvalue weighted by atomic mass is 16.6. The molecule has 0 aliphatic heterocycles. The average molecular weight is 316 g/mol. The first-order chi connectivity index (χ1) is 11.0. The number of nitro benzene ring substituents is 2. The summed E-state index contributed by atoms with van der Waals surface area (Å²) in [4.78, 5) is 21.2. The molecule has 2 N–H and O–H groups in total. The highest BCUT2D eigenvalue weighted by Crippen LogP contribution is 2.29. The minimum Gasteiger partial charge on any atom is -0.383 e. The van der Waals surface area contributed by atoms with Crippen molar-refractivity contribution in [2.24, 2.45) is 0 Å². The van der Waals surface area contributed by atoms with Gasteiger partial charge in [0.15, 0.2) is 0 Å². The van der Waals surface area contributed by atoms with Crippen molar-refractivity contribution in [2.45, 2.75) is 6.42 Å². The van der Waals surface area contributed by atoms with Gasteiger partial charge in [-0.25, -0.2) is 0 Å². The van der Waals surface area contributed by atoms with Crippen molar-refractivity contribution >= 4 is 22.7 Å². The molecule has 0 saturated heterocycles. The fourth-order valence-electron chi connectivity index (χ4n) is 2.33. The van der Waals surface area contributed by atoms with E-state index >= 15 is 0 Å². The van der Waals surface area contributed by atoms with E-state index in [1.807, 2.05) is 0 Å². The van der Waals surface area contributed by atoms with E-state index in [9.17, 15) is 20.2 Å². The molecule has 0 aliphatic carbocycles. The standard InChI is InChI=1S/C15H16N4O4/c1-16-12-5-3-10(8-14(12)18(20)21)7-11-4-6-13(17-2)15(9-11)19(22)23/h3-6,8-9,16-17H,7H2,1-2H3. The fourth-order valence-corrected chi connectivity index (χ4v) is 2.33. The first kappa shape index (κ1) is 16.2. The summed E-state index contributed by atoms with van der Waals surface area (Å²) in [5, 5.41) is 27.7. The molecule has 0 radical (unpaired) electrons. The summed E-state index contributed by atoms with van der Waals surface area (Å²) in [7, 11) is 3.23. The van der Waals surface area contributed by atoms with E-state index < -0.39 is 9.85 Å². The van der Waals surface area contributed by atoms with E-state index in [0.717, 1.165) is 0 Å². The van der Waals surface area contributed by atoms with Crippen LogP contribution in [0.25, 0.3) is 0 Å². The normalized spacial score (nSPS) is 10.2. The van der Waals surface area contributed by atoms with Crippen LogP contribution in [0.5, 0.6) is 0 Å². The maximum Gasteiger partial charge on any atom is 0.292 e. The fraction of sp³-hybridized carbons (Fsp3) is 0.200. The van der Waals surface area contributed by atoms with Gasteiger partial charge < -0.3 is 10.6 Å². The quantitative estimate of drug-likeness (QED) is 0.625. The van der Waals surface area contributed by atoms with Gasteiger partial charge in [-0.3, -0.25) is 20.2 Å². The number of nitro groups is 2. The van der Waals surface area contributed by atoms with Gasteiger partial charge in [0.05, 0.1) is 9.85 Å². The molecule has 120 valence electrons. The maximum absolute atomic E-state index is 11.1. The minimum atomic E-state index is -0.456. The second kappa shape index (κ2) is 6.73. The Bertz CT molecular complexity index is 698. The lowest BCUT2D eigenvalue weighted by Gasteiger charge is -2.07. The molecule has 0 saturated carbocycles. The third-order valence-electron chi connectivity index (χ3n) is 3.46. The molecule has 0 heterocycles. The molecule has 0 bridgehead atoms. The van der Waals surface area contributed by atoms with Gasteiger partial charge in [0.1, 0.15) is 11.4 Å². The smallest absolute Gasteiger partial charge is 0.292 e. The van der Waals surface area contributed by atoms with Crippen LogP contribution in [-0.4, -0.2) is 23.9 Å². The van der Waals surface area contributed by atoms with Crippen molar-refractivity contribution in [3.8, 4) is 0 Å². The predicted molar refractivity (Wildman–Crippen MR) is 88.1 cm³/mol. The number of rotatable bonds is 6. The second-order valence-corrected chi connectivity index (χ2v) is 4.89. The van der Waals surface area contributed by atoms with Gasteiger partial charge in [0.2, 0.25) is 0 Å². The summed E-state index contributed by atoms with van der Waals surface area (Å²) in [6.07, 6.45) is 0.371. The SMILES string of the molecule is CNc1ccc(Cc2ccc(NC)c([N+](=O)[O-])c2)cc1[N+](=O)[O-]. The third kappa shape index (κ3) is 3.54. The Kier molecular flexibility index (Phi) is 4.75. The first-order valence-electron chi connectivity index (χ1n) is 6.86. The van der Waals surface area contributed by atoms with Crippen molar-refractivity contribution in [3.05, 3.63) is 67.8 Å². The largest absolute Gasteiger partial charge is 0.383 e. The summed E-state index contributed by atoms with van der Waals surface area (Å²) in [6.45, 7) is 0. The van der Waals surface area contributed by atoms with Gasteiger partial charge in [-0.1, -0.05) is 12.1 Å². The van der Waals surface area contributed by atoms with Crippen LogP contribution in [0, 0.1) is 20.2 Å². The van der Waals surface area contributed by atoms with E-state index in [-0.39, 0.29) is 11.4 Å². The topological polar surface area (TPSA) is 110 Å². The molecule has 0 aliphatic rings. The van der Waals surface area contributed by atoms with Crippen LogP contribution < -0.4 is 10.6 Å². The molecule has 0 spiro atoms. The summed E-state index contributed by atoms with van der Waals surface area (Å²) >= 11 is 0. The van der Waals surface area contributed by atoms with Crippen molar-refractivity contribution in [1.82, 2.24) is 0 Å². The van der Waals surface area contributed by atoms with E-state index in [0.29, 0.717) is 28.9 Å². The molecular weight excluding hydrogens is 300 g/mol. The lowest BCUT2D eigenvalue weighted by Crippen LogP contribution is -2.00. The van der Waals surface area contributed by atoms with Crippen LogP contribution in [0.15, 0.2) is 36.4 Å². The molecule has 0 amide bonds. The molecular formula is C15H16N4O4. The van der Waals surface area contributed by atoms with E-state index in [4.69, 9.17) is 0 Å². The number of hydrogen-bond donors (Lipinski definition) is 2. The zero-order valence-corrected chi connectivity index (χ0v) is 12.7. The van der Waals surface area contributed by atoms with Crippen LogP contribution in [0.1, 0.15) is 11.1 Å². The number of nitrogens with one attached hydrogen (secondary N) is 2. The Balaban J connectivity index is 2.36. The number of benzene rings is 2. The summed E-state index contributed by atoms with van der Waals surface area (Å²) in [5.41, 5.74) is 2.23. The van der Waals surface area contributed by atoms with Gasteiger partial charge in [-0.05, 0) is 29.7 Å². The second-order valence-electron chi connectivity index (χ2n) is 4.89. The van der Waals surface area contributed by atoms with Crippen LogP contribution in [0.4, 0.5) is 22.7 Å². The monoisotopic (exact) mass is 316 g/mol. The Morgan fingerprint density at radius 2 is 1.22 bits per heavy atom. The molecule has 0 aromatic heterocycles. The van der Waals surface area contributed by atoms with Crippen molar-refractivity contribution < 1.29 is 9.85 Å². The summed E-state index contributed by atoms with van der Waals surface area (Å²) < 4.78 is 0. The molecule has 0 atom stereocenters. The highest BCUT2D eigenvalue weighted by molar-refractivity contribution is 5.64. The van der Waals surface area contributed by atoms with Gasteiger partial charge in [0, 0.05) is 26.2 Å². The van der Waals surface area contributed by atoms with Crippen LogP contribution in [-0.2, 0) is 6.42 Å². The van der Waals surface area contributed by atoms with Crippen LogP contribution >= 0.6 is 0 Å².